The van der Waals surface area contributed by atoms with Gasteiger partial charge < -0.3 is 15.5 Å². The van der Waals surface area contributed by atoms with Crippen molar-refractivity contribution in [3.05, 3.63) is 29.8 Å². The number of nitrogens with one attached hydrogen (secondary N) is 2. The van der Waals surface area contributed by atoms with E-state index in [1.807, 2.05) is 6.92 Å². The second-order valence-electron chi connectivity index (χ2n) is 4.77. The molecule has 21 heavy (non-hydrogen) atoms. The number of ketones is 1. The number of carbonyl (C=O) groups excluding carboxylic acids is 3. The molecule has 6 nitrogen and oxygen atoms in total. The van der Waals surface area contributed by atoms with E-state index in [4.69, 9.17) is 0 Å². The summed E-state index contributed by atoms with van der Waals surface area (Å²) in [6, 6.07) is 6.22. The zero-order valence-electron chi connectivity index (χ0n) is 12.6. The molecule has 0 saturated carbocycles. The maximum atomic E-state index is 11.9. The van der Waals surface area contributed by atoms with E-state index in [9.17, 15) is 14.4 Å². The minimum atomic E-state index is -0.378. The van der Waals surface area contributed by atoms with Gasteiger partial charge in [-0.05, 0) is 37.6 Å². The molecule has 0 fully saturated rings. The summed E-state index contributed by atoms with van der Waals surface area (Å²) < 4.78 is 0. The van der Waals surface area contributed by atoms with Gasteiger partial charge in [-0.3, -0.25) is 9.59 Å². The van der Waals surface area contributed by atoms with Crippen molar-refractivity contribution in [2.45, 2.75) is 20.3 Å². The largest absolute Gasteiger partial charge is 0.355 e. The second-order valence-corrected chi connectivity index (χ2v) is 4.77. The SMILES string of the molecule is CCCNC(=O)CN(C)C(=O)Nc1ccc(C(C)=O)cc1. The average molecular weight is 291 g/mol. The van der Waals surface area contributed by atoms with Crippen LogP contribution in [0.4, 0.5) is 10.5 Å². The molecule has 6 heteroatoms. The zero-order valence-corrected chi connectivity index (χ0v) is 12.6. The monoisotopic (exact) mass is 291 g/mol. The van der Waals surface area contributed by atoms with Gasteiger partial charge in [-0.2, -0.15) is 0 Å². The van der Waals surface area contributed by atoms with E-state index in [2.05, 4.69) is 10.6 Å². The lowest BCUT2D eigenvalue weighted by molar-refractivity contribution is -0.121. The predicted molar refractivity (Wildman–Crippen MR) is 81.4 cm³/mol. The van der Waals surface area contributed by atoms with Crippen molar-refractivity contribution in [1.29, 1.82) is 0 Å². The Bertz CT molecular complexity index is 511. The number of nitrogens with zero attached hydrogens (tertiary/aromatic N) is 1. The Labute approximate surface area is 124 Å². The van der Waals surface area contributed by atoms with Crippen LogP contribution < -0.4 is 10.6 Å². The molecule has 0 aliphatic carbocycles. The number of hydrogen-bond acceptors (Lipinski definition) is 3. The first kappa shape index (κ1) is 16.7. The van der Waals surface area contributed by atoms with Crippen LogP contribution in [0.2, 0.25) is 0 Å². The number of hydrogen-bond donors (Lipinski definition) is 2. The van der Waals surface area contributed by atoms with Gasteiger partial charge in [-0.15, -0.1) is 0 Å². The summed E-state index contributed by atoms with van der Waals surface area (Å²) in [5.74, 6) is -0.223. The zero-order chi connectivity index (χ0) is 15.8. The molecule has 0 spiro atoms. The maximum absolute atomic E-state index is 11.9. The summed E-state index contributed by atoms with van der Waals surface area (Å²) in [6.45, 7) is 4.04. The molecule has 1 rings (SSSR count). The number of rotatable bonds is 6. The van der Waals surface area contributed by atoms with Gasteiger partial charge in [-0.1, -0.05) is 6.92 Å². The van der Waals surface area contributed by atoms with Crippen molar-refractivity contribution in [2.24, 2.45) is 0 Å². The summed E-state index contributed by atoms with van der Waals surface area (Å²) in [6.07, 6.45) is 0.851. The lowest BCUT2D eigenvalue weighted by atomic mass is 10.1. The highest BCUT2D eigenvalue weighted by Crippen LogP contribution is 2.10. The first-order valence-corrected chi connectivity index (χ1v) is 6.84. The Kier molecular flexibility index (Phi) is 6.39. The van der Waals surface area contributed by atoms with Gasteiger partial charge in [0.1, 0.15) is 6.54 Å². The van der Waals surface area contributed by atoms with Crippen LogP contribution >= 0.6 is 0 Å². The first-order valence-electron chi connectivity index (χ1n) is 6.84. The fourth-order valence-electron chi connectivity index (χ4n) is 1.61. The molecule has 1 aromatic rings. The van der Waals surface area contributed by atoms with Crippen molar-refractivity contribution in [3.63, 3.8) is 0 Å². The van der Waals surface area contributed by atoms with Crippen LogP contribution in [-0.2, 0) is 4.79 Å². The molecule has 0 radical (unpaired) electrons. The lowest BCUT2D eigenvalue weighted by Gasteiger charge is -2.17. The van der Waals surface area contributed by atoms with E-state index in [1.165, 1.54) is 11.8 Å². The van der Waals surface area contributed by atoms with Gasteiger partial charge in [0.25, 0.3) is 0 Å². The minimum Gasteiger partial charge on any atom is -0.355 e. The van der Waals surface area contributed by atoms with E-state index < -0.39 is 0 Å². The van der Waals surface area contributed by atoms with Crippen molar-refractivity contribution < 1.29 is 14.4 Å². The first-order chi connectivity index (χ1) is 9.93. The quantitative estimate of drug-likeness (QED) is 0.785. The summed E-state index contributed by atoms with van der Waals surface area (Å²) in [5.41, 5.74) is 1.16. The molecule has 114 valence electrons. The Morgan fingerprint density at radius 3 is 2.29 bits per heavy atom. The van der Waals surface area contributed by atoms with E-state index in [0.29, 0.717) is 17.8 Å². The van der Waals surface area contributed by atoms with Gasteiger partial charge in [0, 0.05) is 24.8 Å². The van der Waals surface area contributed by atoms with Gasteiger partial charge in [-0.25, -0.2) is 4.79 Å². The average Bonchev–Trinajstić information content (AvgIpc) is 2.45. The molecular weight excluding hydrogens is 270 g/mol. The molecule has 0 aromatic heterocycles. The van der Waals surface area contributed by atoms with Crippen molar-refractivity contribution >= 4 is 23.4 Å². The minimum absolute atomic E-state index is 0.00262. The summed E-state index contributed by atoms with van der Waals surface area (Å²) in [7, 11) is 1.55. The molecule has 0 aliphatic heterocycles. The van der Waals surface area contributed by atoms with Crippen LogP contribution in [-0.4, -0.2) is 42.8 Å². The number of anilines is 1. The van der Waals surface area contributed by atoms with Crippen LogP contribution in [0, 0.1) is 0 Å². The second kappa shape index (κ2) is 8.04. The molecular formula is C15H21N3O3. The molecule has 2 N–H and O–H groups in total. The smallest absolute Gasteiger partial charge is 0.322 e. The maximum Gasteiger partial charge on any atom is 0.322 e. The number of Topliss-reactive ketones (excluding diaryl/α,β-unsaturated/α-hetero) is 1. The molecule has 0 unspecified atom stereocenters. The van der Waals surface area contributed by atoms with Gasteiger partial charge in [0.2, 0.25) is 5.91 Å². The Balaban J connectivity index is 2.51. The predicted octanol–water partition coefficient (Wildman–Crippen LogP) is 1.88. The Morgan fingerprint density at radius 1 is 1.14 bits per heavy atom. The number of amides is 3. The molecule has 3 amide bonds. The van der Waals surface area contributed by atoms with Crippen LogP contribution in [0.15, 0.2) is 24.3 Å². The molecule has 0 bridgehead atoms. The standard InChI is InChI=1S/C15H21N3O3/c1-4-9-16-14(20)10-18(3)15(21)17-13-7-5-12(6-8-13)11(2)19/h5-8H,4,9-10H2,1-3H3,(H,16,20)(H,17,21). The molecule has 1 aromatic carbocycles. The van der Waals surface area contributed by atoms with Crippen LogP contribution in [0.1, 0.15) is 30.6 Å². The summed E-state index contributed by atoms with van der Waals surface area (Å²) in [4.78, 5) is 35.9. The fraction of sp³-hybridized carbons (Fsp3) is 0.400. The van der Waals surface area contributed by atoms with Crippen LogP contribution in [0.5, 0.6) is 0 Å². The van der Waals surface area contributed by atoms with Crippen LogP contribution in [0.25, 0.3) is 0 Å². The third-order valence-electron chi connectivity index (χ3n) is 2.84. The molecule has 0 atom stereocenters. The van der Waals surface area contributed by atoms with Crippen molar-refractivity contribution in [2.75, 3.05) is 25.5 Å². The topological polar surface area (TPSA) is 78.5 Å². The molecule has 0 aliphatic rings. The number of carbonyl (C=O) groups is 3. The van der Waals surface area contributed by atoms with Crippen molar-refractivity contribution in [1.82, 2.24) is 10.2 Å². The fourth-order valence-corrected chi connectivity index (χ4v) is 1.61. The lowest BCUT2D eigenvalue weighted by Crippen LogP contribution is -2.40. The van der Waals surface area contributed by atoms with E-state index in [-0.39, 0.29) is 24.3 Å². The third kappa shape index (κ3) is 5.64. The highest BCUT2D eigenvalue weighted by Gasteiger charge is 2.12. The number of benzene rings is 1. The Morgan fingerprint density at radius 2 is 1.76 bits per heavy atom. The number of likely N-dealkylation sites (N-methyl/N-ethyl adjacent to an activating group) is 1. The Hall–Kier alpha value is -2.37. The van der Waals surface area contributed by atoms with Crippen molar-refractivity contribution in [3.8, 4) is 0 Å². The third-order valence-corrected chi connectivity index (χ3v) is 2.84. The highest BCUT2D eigenvalue weighted by molar-refractivity contribution is 5.95. The number of urea groups is 1. The van der Waals surface area contributed by atoms with Gasteiger partial charge in [0.15, 0.2) is 5.78 Å². The van der Waals surface area contributed by atoms with Gasteiger partial charge >= 0.3 is 6.03 Å². The summed E-state index contributed by atoms with van der Waals surface area (Å²) in [5, 5.41) is 5.37. The molecule has 0 saturated heterocycles. The van der Waals surface area contributed by atoms with E-state index >= 15 is 0 Å². The van der Waals surface area contributed by atoms with E-state index in [1.54, 1.807) is 31.3 Å². The molecule has 0 heterocycles. The van der Waals surface area contributed by atoms with E-state index in [0.717, 1.165) is 6.42 Å². The summed E-state index contributed by atoms with van der Waals surface area (Å²) >= 11 is 0. The normalized spacial score (nSPS) is 9.86. The van der Waals surface area contributed by atoms with Crippen LogP contribution in [0.3, 0.4) is 0 Å². The highest BCUT2D eigenvalue weighted by atomic mass is 16.2. The van der Waals surface area contributed by atoms with Gasteiger partial charge in [0.05, 0.1) is 0 Å².